The van der Waals surface area contributed by atoms with Gasteiger partial charge in [-0.3, -0.25) is 0 Å². The van der Waals surface area contributed by atoms with Gasteiger partial charge < -0.3 is 10.6 Å². The first-order valence-electron chi connectivity index (χ1n) is 8.11. The zero-order chi connectivity index (χ0) is 15.1. The van der Waals surface area contributed by atoms with E-state index in [-0.39, 0.29) is 5.82 Å². The maximum Gasteiger partial charge on any atom is 0.126 e. The molecule has 4 rings (SSSR count). The summed E-state index contributed by atoms with van der Waals surface area (Å²) < 4.78 is 13.6. The maximum absolute atomic E-state index is 13.6. The topological polar surface area (TPSA) is 24.1 Å². The van der Waals surface area contributed by atoms with E-state index in [4.69, 9.17) is 0 Å². The lowest BCUT2D eigenvalue weighted by molar-refractivity contribution is 0.579. The number of nitrogens with one attached hydrogen (secondary N) is 2. The molecule has 22 heavy (non-hydrogen) atoms. The van der Waals surface area contributed by atoms with Crippen molar-refractivity contribution in [3.63, 3.8) is 0 Å². The number of fused-ring (bicyclic) bond motifs is 3. The molecule has 0 radical (unpaired) electrons. The second kappa shape index (κ2) is 5.40. The van der Waals surface area contributed by atoms with E-state index < -0.39 is 0 Å². The van der Waals surface area contributed by atoms with Crippen molar-refractivity contribution in [2.24, 2.45) is 0 Å². The van der Waals surface area contributed by atoms with Gasteiger partial charge in [-0.15, -0.1) is 0 Å². The molecule has 0 unspecified atom stereocenters. The van der Waals surface area contributed by atoms with E-state index in [0.29, 0.717) is 17.5 Å². The van der Waals surface area contributed by atoms with Gasteiger partial charge in [0.15, 0.2) is 0 Å². The summed E-state index contributed by atoms with van der Waals surface area (Å²) in [6, 6.07) is 12.4. The van der Waals surface area contributed by atoms with Crippen LogP contribution in [0.3, 0.4) is 0 Å². The van der Waals surface area contributed by atoms with Crippen molar-refractivity contribution in [1.82, 2.24) is 5.32 Å². The van der Waals surface area contributed by atoms with Crippen molar-refractivity contribution in [3.05, 3.63) is 53.3 Å². The van der Waals surface area contributed by atoms with Gasteiger partial charge in [-0.2, -0.15) is 0 Å². The molecule has 114 valence electrons. The first-order valence-corrected chi connectivity index (χ1v) is 8.11. The second-order valence-electron chi connectivity index (χ2n) is 6.42. The standard InChI is InChI=1S/C19H21FN2/c1-12-11-13(5-6-16(12)20)14-3-2-4-18-19(14)15-7-9-21-10-8-17(15)22-18/h2-6,11,15,17,21-22H,7-10H2,1H3/t15-,17-/m0/s1. The molecule has 2 N–H and O–H groups in total. The van der Waals surface area contributed by atoms with Crippen molar-refractivity contribution < 1.29 is 4.39 Å². The Morgan fingerprint density at radius 1 is 1.09 bits per heavy atom. The molecular weight excluding hydrogens is 275 g/mol. The summed E-state index contributed by atoms with van der Waals surface area (Å²) in [6.45, 7) is 3.98. The van der Waals surface area contributed by atoms with Crippen LogP contribution in [0.5, 0.6) is 0 Å². The van der Waals surface area contributed by atoms with Gasteiger partial charge in [0.2, 0.25) is 0 Å². The largest absolute Gasteiger partial charge is 0.381 e. The van der Waals surface area contributed by atoms with Crippen LogP contribution in [0.1, 0.15) is 29.9 Å². The van der Waals surface area contributed by atoms with Crippen molar-refractivity contribution in [1.29, 1.82) is 0 Å². The molecule has 0 aliphatic carbocycles. The van der Waals surface area contributed by atoms with Crippen LogP contribution in [-0.4, -0.2) is 19.1 Å². The van der Waals surface area contributed by atoms with Crippen LogP contribution in [0, 0.1) is 12.7 Å². The van der Waals surface area contributed by atoms with E-state index in [9.17, 15) is 4.39 Å². The van der Waals surface area contributed by atoms with Crippen molar-refractivity contribution in [2.45, 2.75) is 31.7 Å². The van der Waals surface area contributed by atoms with Gasteiger partial charge in [0.25, 0.3) is 0 Å². The van der Waals surface area contributed by atoms with E-state index in [2.05, 4.69) is 28.8 Å². The van der Waals surface area contributed by atoms with Crippen LogP contribution in [-0.2, 0) is 0 Å². The smallest absolute Gasteiger partial charge is 0.126 e. The maximum atomic E-state index is 13.6. The molecule has 2 atom stereocenters. The molecule has 0 amide bonds. The van der Waals surface area contributed by atoms with Gasteiger partial charge in [-0.1, -0.05) is 18.2 Å². The van der Waals surface area contributed by atoms with Gasteiger partial charge >= 0.3 is 0 Å². The van der Waals surface area contributed by atoms with Gasteiger partial charge in [0.05, 0.1) is 0 Å². The average molecular weight is 296 g/mol. The molecule has 0 aromatic heterocycles. The third kappa shape index (κ3) is 2.20. The van der Waals surface area contributed by atoms with Crippen LogP contribution in [0.2, 0.25) is 0 Å². The Labute approximate surface area is 130 Å². The number of hydrogen-bond acceptors (Lipinski definition) is 2. The lowest BCUT2D eigenvalue weighted by atomic mass is 9.85. The van der Waals surface area contributed by atoms with Crippen molar-refractivity contribution in [2.75, 3.05) is 18.4 Å². The first-order chi connectivity index (χ1) is 10.7. The zero-order valence-corrected chi connectivity index (χ0v) is 12.8. The van der Waals surface area contributed by atoms with E-state index in [1.807, 2.05) is 19.1 Å². The van der Waals surface area contributed by atoms with E-state index in [1.165, 1.54) is 16.8 Å². The predicted octanol–water partition coefficient (Wildman–Crippen LogP) is 4.06. The molecule has 3 heteroatoms. The van der Waals surface area contributed by atoms with Crippen LogP contribution in [0.15, 0.2) is 36.4 Å². The molecule has 2 aromatic rings. The molecule has 2 heterocycles. The van der Waals surface area contributed by atoms with Crippen LogP contribution >= 0.6 is 0 Å². The third-order valence-corrected chi connectivity index (χ3v) is 5.04. The van der Waals surface area contributed by atoms with E-state index in [0.717, 1.165) is 31.5 Å². The summed E-state index contributed by atoms with van der Waals surface area (Å²) in [5.41, 5.74) is 5.76. The van der Waals surface area contributed by atoms with E-state index >= 15 is 0 Å². The minimum absolute atomic E-state index is 0.133. The molecule has 1 fully saturated rings. The highest BCUT2D eigenvalue weighted by Crippen LogP contribution is 2.45. The Kier molecular flexibility index (Phi) is 3.38. The highest BCUT2D eigenvalue weighted by Gasteiger charge is 2.34. The Hall–Kier alpha value is -1.87. The van der Waals surface area contributed by atoms with Gasteiger partial charge in [-0.05, 0) is 73.3 Å². The molecule has 0 saturated carbocycles. The highest BCUT2D eigenvalue weighted by molar-refractivity contribution is 5.78. The molecule has 2 nitrogen and oxygen atoms in total. The highest BCUT2D eigenvalue weighted by atomic mass is 19.1. The number of hydrogen-bond donors (Lipinski definition) is 2. The Balaban J connectivity index is 1.82. The van der Waals surface area contributed by atoms with E-state index in [1.54, 1.807) is 6.07 Å². The molecule has 0 bridgehead atoms. The Bertz CT molecular complexity index is 711. The van der Waals surface area contributed by atoms with Crippen LogP contribution in [0.25, 0.3) is 11.1 Å². The molecule has 1 saturated heterocycles. The SMILES string of the molecule is Cc1cc(-c2cccc3c2[C@H]2CCNCC[C@@H]2N3)ccc1F. The number of benzene rings is 2. The minimum atomic E-state index is -0.133. The van der Waals surface area contributed by atoms with Crippen LogP contribution in [0.4, 0.5) is 10.1 Å². The molecular formula is C19H21FN2. The molecule has 0 spiro atoms. The average Bonchev–Trinajstić information content (AvgIpc) is 2.72. The summed E-state index contributed by atoms with van der Waals surface area (Å²) in [7, 11) is 0. The summed E-state index contributed by atoms with van der Waals surface area (Å²) in [5, 5.41) is 7.19. The van der Waals surface area contributed by atoms with Gasteiger partial charge in [0.1, 0.15) is 5.82 Å². The molecule has 2 aliphatic rings. The lowest BCUT2D eigenvalue weighted by Gasteiger charge is -2.18. The Morgan fingerprint density at radius 3 is 2.82 bits per heavy atom. The molecule has 2 aliphatic heterocycles. The predicted molar refractivity (Wildman–Crippen MR) is 88.8 cm³/mol. The summed E-state index contributed by atoms with van der Waals surface area (Å²) in [4.78, 5) is 0. The van der Waals surface area contributed by atoms with Crippen molar-refractivity contribution in [3.8, 4) is 11.1 Å². The monoisotopic (exact) mass is 296 g/mol. The lowest BCUT2D eigenvalue weighted by Crippen LogP contribution is -2.21. The quantitative estimate of drug-likeness (QED) is 0.829. The van der Waals surface area contributed by atoms with Gasteiger partial charge in [0, 0.05) is 17.6 Å². The first kappa shape index (κ1) is 13.8. The van der Waals surface area contributed by atoms with Gasteiger partial charge in [-0.25, -0.2) is 4.39 Å². The third-order valence-electron chi connectivity index (χ3n) is 5.04. The second-order valence-corrected chi connectivity index (χ2v) is 6.42. The minimum Gasteiger partial charge on any atom is -0.381 e. The van der Waals surface area contributed by atoms with Crippen molar-refractivity contribution >= 4 is 5.69 Å². The Morgan fingerprint density at radius 2 is 1.95 bits per heavy atom. The summed E-state index contributed by atoms with van der Waals surface area (Å²) in [6.07, 6.45) is 2.31. The fraction of sp³-hybridized carbons (Fsp3) is 0.368. The summed E-state index contributed by atoms with van der Waals surface area (Å²) in [5.74, 6) is 0.414. The molecule has 2 aromatic carbocycles. The fourth-order valence-corrected chi connectivity index (χ4v) is 3.92. The number of rotatable bonds is 1. The fourth-order valence-electron chi connectivity index (χ4n) is 3.92. The number of aryl methyl sites for hydroxylation is 1. The van der Waals surface area contributed by atoms with Crippen LogP contribution < -0.4 is 10.6 Å². The zero-order valence-electron chi connectivity index (χ0n) is 12.8. The number of halogens is 1. The normalized spacial score (nSPS) is 23.4. The summed E-state index contributed by atoms with van der Waals surface area (Å²) >= 11 is 0. The number of anilines is 1.